The van der Waals surface area contributed by atoms with Crippen molar-refractivity contribution in [1.82, 2.24) is 5.32 Å². The molecular formula is C13H18N2O4. The van der Waals surface area contributed by atoms with E-state index in [9.17, 15) is 9.59 Å². The van der Waals surface area contributed by atoms with Gasteiger partial charge >= 0.3 is 12.0 Å². The second kappa shape index (κ2) is 6.08. The summed E-state index contributed by atoms with van der Waals surface area (Å²) in [6, 6.07) is 6.36. The van der Waals surface area contributed by atoms with Crippen LogP contribution in [-0.2, 0) is 9.53 Å². The summed E-state index contributed by atoms with van der Waals surface area (Å²) < 4.78 is 9.61. The third-order valence-electron chi connectivity index (χ3n) is 2.47. The molecule has 6 heteroatoms. The summed E-state index contributed by atoms with van der Waals surface area (Å²) in [6.07, 6.45) is 0. The number of hydrogen-bond donors (Lipinski definition) is 2. The van der Waals surface area contributed by atoms with Gasteiger partial charge < -0.3 is 20.1 Å². The van der Waals surface area contributed by atoms with Crippen LogP contribution >= 0.6 is 0 Å². The number of methoxy groups -OCH3 is 2. The molecule has 1 aromatic rings. The van der Waals surface area contributed by atoms with E-state index in [4.69, 9.17) is 4.74 Å². The summed E-state index contributed by atoms with van der Waals surface area (Å²) in [5.41, 5.74) is -0.496. The monoisotopic (exact) mass is 266 g/mol. The number of carbonyl (C=O) groups is 2. The van der Waals surface area contributed by atoms with Gasteiger partial charge in [0.25, 0.3) is 0 Å². The average molecular weight is 266 g/mol. The lowest BCUT2D eigenvalue weighted by molar-refractivity contribution is -0.146. The maximum atomic E-state index is 11.7. The van der Waals surface area contributed by atoms with Crippen LogP contribution < -0.4 is 15.4 Å². The molecule has 0 aliphatic rings. The van der Waals surface area contributed by atoms with Crippen molar-refractivity contribution in [2.24, 2.45) is 0 Å². The summed E-state index contributed by atoms with van der Waals surface area (Å²) in [5.74, 6) is 0.179. The molecule has 0 unspecified atom stereocenters. The van der Waals surface area contributed by atoms with E-state index < -0.39 is 17.5 Å². The minimum atomic E-state index is -1.09. The number of hydrogen-bond acceptors (Lipinski definition) is 4. The molecule has 19 heavy (non-hydrogen) atoms. The van der Waals surface area contributed by atoms with Crippen LogP contribution in [0.25, 0.3) is 0 Å². The van der Waals surface area contributed by atoms with E-state index in [0.29, 0.717) is 11.4 Å². The number of amides is 2. The Morgan fingerprint density at radius 2 is 1.68 bits per heavy atom. The van der Waals surface area contributed by atoms with Gasteiger partial charge in [-0.05, 0) is 38.1 Å². The Labute approximate surface area is 112 Å². The number of nitrogens with one attached hydrogen (secondary N) is 2. The summed E-state index contributed by atoms with van der Waals surface area (Å²) in [6.45, 7) is 3.12. The first kappa shape index (κ1) is 14.8. The fourth-order valence-corrected chi connectivity index (χ4v) is 1.43. The third kappa shape index (κ3) is 4.17. The lowest BCUT2D eigenvalue weighted by atomic mass is 10.1. The van der Waals surface area contributed by atoms with E-state index in [2.05, 4.69) is 15.4 Å². The third-order valence-corrected chi connectivity index (χ3v) is 2.47. The topological polar surface area (TPSA) is 76.7 Å². The van der Waals surface area contributed by atoms with Gasteiger partial charge in [0.05, 0.1) is 14.2 Å². The molecule has 2 amide bonds. The van der Waals surface area contributed by atoms with Gasteiger partial charge in [0.1, 0.15) is 11.3 Å². The van der Waals surface area contributed by atoms with Gasteiger partial charge in [-0.15, -0.1) is 0 Å². The molecule has 104 valence electrons. The van der Waals surface area contributed by atoms with Gasteiger partial charge in [-0.2, -0.15) is 0 Å². The van der Waals surface area contributed by atoms with Crippen molar-refractivity contribution in [2.45, 2.75) is 19.4 Å². The van der Waals surface area contributed by atoms with Crippen LogP contribution in [0.3, 0.4) is 0 Å². The highest BCUT2D eigenvalue weighted by atomic mass is 16.5. The van der Waals surface area contributed by atoms with Gasteiger partial charge in [0, 0.05) is 5.69 Å². The SMILES string of the molecule is COC(=O)C(C)(C)NC(=O)Nc1ccc(OC)cc1. The maximum Gasteiger partial charge on any atom is 0.331 e. The van der Waals surface area contributed by atoms with Crippen LogP contribution in [0.15, 0.2) is 24.3 Å². The lowest BCUT2D eigenvalue weighted by Crippen LogP contribution is -2.51. The van der Waals surface area contributed by atoms with Crippen molar-refractivity contribution < 1.29 is 19.1 Å². The molecule has 0 fully saturated rings. The highest BCUT2D eigenvalue weighted by molar-refractivity contribution is 5.93. The number of urea groups is 1. The molecule has 0 bridgehead atoms. The van der Waals surface area contributed by atoms with E-state index >= 15 is 0 Å². The zero-order chi connectivity index (χ0) is 14.5. The molecule has 0 aliphatic carbocycles. The molecular weight excluding hydrogens is 248 g/mol. The van der Waals surface area contributed by atoms with E-state index in [0.717, 1.165) is 0 Å². The molecule has 0 saturated heterocycles. The highest BCUT2D eigenvalue weighted by Crippen LogP contribution is 2.15. The number of carbonyl (C=O) groups excluding carboxylic acids is 2. The zero-order valence-electron chi connectivity index (χ0n) is 11.4. The van der Waals surface area contributed by atoms with Crippen molar-refractivity contribution in [2.75, 3.05) is 19.5 Å². The van der Waals surface area contributed by atoms with E-state index in [1.165, 1.54) is 7.11 Å². The smallest absolute Gasteiger partial charge is 0.331 e. The Kier molecular flexibility index (Phi) is 4.74. The van der Waals surface area contributed by atoms with Crippen LogP contribution in [0, 0.1) is 0 Å². The molecule has 0 aliphatic heterocycles. The predicted octanol–water partition coefficient (Wildman–Crippen LogP) is 1.77. The van der Waals surface area contributed by atoms with Gasteiger partial charge in [-0.3, -0.25) is 0 Å². The van der Waals surface area contributed by atoms with E-state index in [1.807, 2.05) is 0 Å². The average Bonchev–Trinajstić information content (AvgIpc) is 2.37. The molecule has 6 nitrogen and oxygen atoms in total. The quantitative estimate of drug-likeness (QED) is 0.814. The molecule has 0 spiro atoms. The van der Waals surface area contributed by atoms with E-state index in [-0.39, 0.29) is 0 Å². The number of ether oxygens (including phenoxy) is 2. The van der Waals surface area contributed by atoms with Crippen molar-refractivity contribution in [1.29, 1.82) is 0 Å². The van der Waals surface area contributed by atoms with E-state index in [1.54, 1.807) is 45.2 Å². The maximum absolute atomic E-state index is 11.7. The Hall–Kier alpha value is -2.24. The molecule has 0 aromatic heterocycles. The Balaban J connectivity index is 2.62. The van der Waals surface area contributed by atoms with Gasteiger partial charge in [0.15, 0.2) is 0 Å². The minimum Gasteiger partial charge on any atom is -0.497 e. The first-order chi connectivity index (χ1) is 8.89. The van der Waals surface area contributed by atoms with Crippen LogP contribution in [0.5, 0.6) is 5.75 Å². The van der Waals surface area contributed by atoms with Crippen LogP contribution in [-0.4, -0.2) is 31.8 Å². The Bertz CT molecular complexity index is 454. The molecule has 0 saturated carbocycles. The lowest BCUT2D eigenvalue weighted by Gasteiger charge is -2.23. The standard InChI is InChI=1S/C13H18N2O4/c1-13(2,11(16)19-4)15-12(17)14-9-5-7-10(18-3)8-6-9/h5-8H,1-4H3,(H2,14,15,17). The second-order valence-electron chi connectivity index (χ2n) is 4.42. The van der Waals surface area contributed by atoms with Crippen LogP contribution in [0.4, 0.5) is 10.5 Å². The molecule has 2 N–H and O–H groups in total. The number of benzene rings is 1. The fourth-order valence-electron chi connectivity index (χ4n) is 1.43. The summed E-state index contributed by atoms with van der Waals surface area (Å²) >= 11 is 0. The van der Waals surface area contributed by atoms with Crippen LogP contribution in [0.2, 0.25) is 0 Å². The molecule has 0 radical (unpaired) electrons. The van der Waals surface area contributed by atoms with Gasteiger partial charge in [0.2, 0.25) is 0 Å². The van der Waals surface area contributed by atoms with Crippen LogP contribution in [0.1, 0.15) is 13.8 Å². The summed E-state index contributed by atoms with van der Waals surface area (Å²) in [5, 5.41) is 5.14. The number of anilines is 1. The van der Waals surface area contributed by atoms with Crippen molar-refractivity contribution in [3.05, 3.63) is 24.3 Å². The van der Waals surface area contributed by atoms with Crippen molar-refractivity contribution >= 4 is 17.7 Å². The normalized spacial score (nSPS) is 10.5. The molecule has 1 rings (SSSR count). The second-order valence-corrected chi connectivity index (χ2v) is 4.42. The zero-order valence-corrected chi connectivity index (χ0v) is 11.4. The summed E-state index contributed by atoms with van der Waals surface area (Å²) in [4.78, 5) is 23.2. The highest BCUT2D eigenvalue weighted by Gasteiger charge is 2.30. The molecule has 0 atom stereocenters. The Morgan fingerprint density at radius 3 is 2.16 bits per heavy atom. The summed E-state index contributed by atoms with van der Waals surface area (Å²) in [7, 11) is 2.83. The number of esters is 1. The first-order valence-electron chi connectivity index (χ1n) is 5.70. The fraction of sp³-hybridized carbons (Fsp3) is 0.385. The minimum absolute atomic E-state index is 0.486. The largest absolute Gasteiger partial charge is 0.497 e. The molecule has 1 aromatic carbocycles. The molecule has 0 heterocycles. The number of rotatable bonds is 4. The predicted molar refractivity (Wildman–Crippen MR) is 71.2 cm³/mol. The Morgan fingerprint density at radius 1 is 1.11 bits per heavy atom. The van der Waals surface area contributed by atoms with Gasteiger partial charge in [-0.1, -0.05) is 0 Å². The van der Waals surface area contributed by atoms with Crippen molar-refractivity contribution in [3.63, 3.8) is 0 Å². The van der Waals surface area contributed by atoms with Crippen molar-refractivity contribution in [3.8, 4) is 5.75 Å². The van der Waals surface area contributed by atoms with Gasteiger partial charge in [-0.25, -0.2) is 9.59 Å². The first-order valence-corrected chi connectivity index (χ1v) is 5.70.